The molecule has 0 fully saturated rings. The van der Waals surface area contributed by atoms with Crippen molar-refractivity contribution in [2.24, 2.45) is 0 Å². The van der Waals surface area contributed by atoms with Crippen LogP contribution in [0.5, 0.6) is 0 Å². The van der Waals surface area contributed by atoms with Gasteiger partial charge in [0.05, 0.1) is 0 Å². The third-order valence-corrected chi connectivity index (χ3v) is 1.36. The standard InChI is InChI=1S/C5H3FNSe/c6-4-2-1-3-7-5(4)8/h1-3H. The molecular formula is C5H3FNSe. The Balaban J connectivity index is 3.13. The molecule has 0 amide bonds. The van der Waals surface area contributed by atoms with E-state index in [9.17, 15) is 4.39 Å². The van der Waals surface area contributed by atoms with Gasteiger partial charge in [0, 0.05) is 0 Å². The van der Waals surface area contributed by atoms with E-state index in [1.54, 1.807) is 6.07 Å². The number of hydrogen-bond acceptors (Lipinski definition) is 1. The van der Waals surface area contributed by atoms with Crippen molar-refractivity contribution >= 4 is 20.6 Å². The van der Waals surface area contributed by atoms with Gasteiger partial charge in [-0.1, -0.05) is 0 Å². The van der Waals surface area contributed by atoms with Crippen LogP contribution in [0.25, 0.3) is 0 Å². The van der Waals surface area contributed by atoms with Crippen molar-refractivity contribution in [3.63, 3.8) is 0 Å². The van der Waals surface area contributed by atoms with Crippen molar-refractivity contribution in [2.45, 2.75) is 0 Å². The molecule has 0 bridgehead atoms. The first kappa shape index (κ1) is 5.73. The first-order valence-electron chi connectivity index (χ1n) is 2.08. The van der Waals surface area contributed by atoms with E-state index in [0.29, 0.717) is 4.59 Å². The van der Waals surface area contributed by atoms with E-state index in [1.807, 2.05) is 0 Å². The molecule has 3 heteroatoms. The van der Waals surface area contributed by atoms with E-state index in [-0.39, 0.29) is 5.82 Å². The molecule has 0 aromatic carbocycles. The molecule has 41 valence electrons. The molecule has 0 N–H and O–H groups in total. The molecule has 1 heterocycles. The summed E-state index contributed by atoms with van der Waals surface area (Å²) >= 11 is 2.48. The number of halogens is 1. The SMILES string of the molecule is Fc1cccnc1[Se]. The van der Waals surface area contributed by atoms with Crippen LogP contribution < -0.4 is 4.59 Å². The summed E-state index contributed by atoms with van der Waals surface area (Å²) in [4.78, 5) is 3.65. The van der Waals surface area contributed by atoms with E-state index in [4.69, 9.17) is 0 Å². The summed E-state index contributed by atoms with van der Waals surface area (Å²) in [6, 6.07) is 2.91. The van der Waals surface area contributed by atoms with Crippen molar-refractivity contribution in [3.8, 4) is 0 Å². The summed E-state index contributed by atoms with van der Waals surface area (Å²) in [5.41, 5.74) is 0. The maximum absolute atomic E-state index is 12.2. The molecular weight excluding hydrogens is 172 g/mol. The molecule has 1 aromatic heterocycles. The third kappa shape index (κ3) is 1.05. The van der Waals surface area contributed by atoms with Gasteiger partial charge < -0.3 is 0 Å². The molecule has 1 nitrogen and oxygen atoms in total. The first-order valence-corrected chi connectivity index (χ1v) is 2.94. The predicted octanol–water partition coefficient (Wildman–Crippen LogP) is 0.0145. The summed E-state index contributed by atoms with van der Waals surface area (Å²) in [6.45, 7) is 0. The van der Waals surface area contributed by atoms with Crippen LogP contribution in [0.3, 0.4) is 0 Å². The van der Waals surface area contributed by atoms with E-state index in [2.05, 4.69) is 21.0 Å². The van der Waals surface area contributed by atoms with Crippen molar-refractivity contribution in [1.29, 1.82) is 0 Å². The van der Waals surface area contributed by atoms with Gasteiger partial charge in [-0.15, -0.1) is 0 Å². The molecule has 0 saturated carbocycles. The summed E-state index contributed by atoms with van der Waals surface area (Å²) in [5, 5.41) is 0. The van der Waals surface area contributed by atoms with Gasteiger partial charge in [0.2, 0.25) is 0 Å². The van der Waals surface area contributed by atoms with Crippen LogP contribution in [0.4, 0.5) is 4.39 Å². The number of hydrogen-bond donors (Lipinski definition) is 0. The fourth-order valence-corrected chi connectivity index (χ4v) is 0.642. The number of pyridine rings is 1. The third-order valence-electron chi connectivity index (χ3n) is 0.725. The van der Waals surface area contributed by atoms with E-state index < -0.39 is 0 Å². The quantitative estimate of drug-likeness (QED) is 0.506. The van der Waals surface area contributed by atoms with Crippen molar-refractivity contribution in [3.05, 3.63) is 24.1 Å². The molecule has 0 atom stereocenters. The van der Waals surface area contributed by atoms with Gasteiger partial charge in [0.25, 0.3) is 0 Å². The molecule has 0 saturated heterocycles. The van der Waals surface area contributed by atoms with Crippen LogP contribution in [0.15, 0.2) is 18.3 Å². The van der Waals surface area contributed by atoms with Gasteiger partial charge in [-0.3, -0.25) is 0 Å². The molecule has 8 heavy (non-hydrogen) atoms. The Morgan fingerprint density at radius 1 is 1.62 bits per heavy atom. The van der Waals surface area contributed by atoms with Gasteiger partial charge in [0.15, 0.2) is 0 Å². The first-order chi connectivity index (χ1) is 3.80. The Hall–Kier alpha value is -0.401. The fraction of sp³-hybridized carbons (Fsp3) is 0. The monoisotopic (exact) mass is 176 g/mol. The molecule has 0 unspecified atom stereocenters. The van der Waals surface area contributed by atoms with Gasteiger partial charge in [-0.05, 0) is 0 Å². The Kier molecular flexibility index (Phi) is 1.61. The Bertz CT molecular complexity index is 169. The zero-order valence-corrected chi connectivity index (χ0v) is 5.68. The second-order valence-electron chi connectivity index (χ2n) is 1.29. The van der Waals surface area contributed by atoms with Crippen molar-refractivity contribution < 1.29 is 4.39 Å². The van der Waals surface area contributed by atoms with Gasteiger partial charge >= 0.3 is 54.1 Å². The zero-order valence-electron chi connectivity index (χ0n) is 3.97. The van der Waals surface area contributed by atoms with E-state index in [1.165, 1.54) is 12.3 Å². The average molecular weight is 175 g/mol. The van der Waals surface area contributed by atoms with Crippen molar-refractivity contribution in [2.75, 3.05) is 0 Å². The molecule has 0 aliphatic heterocycles. The zero-order chi connectivity index (χ0) is 5.98. The average Bonchev–Trinajstić information content (AvgIpc) is 1.77. The minimum absolute atomic E-state index is 0.299. The summed E-state index contributed by atoms with van der Waals surface area (Å²) in [6.07, 6.45) is 1.54. The predicted molar refractivity (Wildman–Crippen MR) is 29.6 cm³/mol. The Morgan fingerprint density at radius 3 is 2.75 bits per heavy atom. The van der Waals surface area contributed by atoms with Crippen LogP contribution in [-0.2, 0) is 0 Å². The van der Waals surface area contributed by atoms with E-state index in [0.717, 1.165) is 0 Å². The van der Waals surface area contributed by atoms with Gasteiger partial charge in [-0.25, -0.2) is 0 Å². The molecule has 0 spiro atoms. The van der Waals surface area contributed by atoms with Crippen LogP contribution >= 0.6 is 0 Å². The summed E-state index contributed by atoms with van der Waals surface area (Å²) in [5.74, 6) is -0.299. The molecule has 1 rings (SSSR count). The minimum atomic E-state index is -0.299. The molecule has 1 aromatic rings. The Morgan fingerprint density at radius 2 is 2.38 bits per heavy atom. The van der Waals surface area contributed by atoms with Crippen LogP contribution in [0, 0.1) is 5.82 Å². The number of nitrogens with zero attached hydrogens (tertiary/aromatic N) is 1. The molecule has 1 radical (unpaired) electrons. The van der Waals surface area contributed by atoms with Gasteiger partial charge in [-0.2, -0.15) is 0 Å². The molecule has 0 aliphatic rings. The summed E-state index contributed by atoms with van der Waals surface area (Å²) in [7, 11) is 0. The number of rotatable bonds is 0. The van der Waals surface area contributed by atoms with Crippen molar-refractivity contribution in [1.82, 2.24) is 4.98 Å². The van der Waals surface area contributed by atoms with Crippen LogP contribution in [0.2, 0.25) is 0 Å². The molecule has 0 aliphatic carbocycles. The maximum atomic E-state index is 12.2. The van der Waals surface area contributed by atoms with Crippen LogP contribution in [0.1, 0.15) is 0 Å². The summed E-state index contributed by atoms with van der Waals surface area (Å²) < 4.78 is 12.6. The second kappa shape index (κ2) is 2.25. The topological polar surface area (TPSA) is 12.9 Å². The normalized spacial score (nSPS) is 9.12. The second-order valence-corrected chi connectivity index (χ2v) is 2.10. The Labute approximate surface area is 54.8 Å². The fourth-order valence-electron chi connectivity index (χ4n) is 0.371. The van der Waals surface area contributed by atoms with E-state index >= 15 is 0 Å². The van der Waals surface area contributed by atoms with Gasteiger partial charge in [0.1, 0.15) is 0 Å². The number of aromatic nitrogens is 1. The van der Waals surface area contributed by atoms with Crippen LogP contribution in [-0.4, -0.2) is 21.0 Å².